The highest BCUT2D eigenvalue weighted by Gasteiger charge is 2.49. The monoisotopic (exact) mass is 479 g/mol. The van der Waals surface area contributed by atoms with Gasteiger partial charge in [-0.15, -0.1) is 0 Å². The number of fused-ring (bicyclic) bond motifs is 2. The van der Waals surface area contributed by atoms with Gasteiger partial charge in [0.2, 0.25) is 0 Å². The summed E-state index contributed by atoms with van der Waals surface area (Å²) >= 11 is 0. The Morgan fingerprint density at radius 2 is 1.79 bits per heavy atom. The molecule has 1 atom stereocenters. The third kappa shape index (κ3) is 4.15. The van der Waals surface area contributed by atoms with Gasteiger partial charge in [-0.3, -0.25) is 9.69 Å². The van der Waals surface area contributed by atoms with Gasteiger partial charge in [-0.1, -0.05) is 0 Å². The van der Waals surface area contributed by atoms with Crippen molar-refractivity contribution in [3.63, 3.8) is 0 Å². The second-order valence-corrected chi connectivity index (χ2v) is 9.53. The van der Waals surface area contributed by atoms with Crippen molar-refractivity contribution >= 4 is 5.91 Å². The summed E-state index contributed by atoms with van der Waals surface area (Å²) in [5.41, 5.74) is 0.0439. The first kappa shape index (κ1) is 24.4. The van der Waals surface area contributed by atoms with Gasteiger partial charge in [-0.2, -0.15) is 13.2 Å². The molecule has 0 saturated carbocycles. The van der Waals surface area contributed by atoms with Gasteiger partial charge in [-0.25, -0.2) is 0 Å². The quantitative estimate of drug-likeness (QED) is 0.634. The molecule has 9 heteroatoms. The number of alkyl halides is 3. The highest BCUT2D eigenvalue weighted by atomic mass is 19.4. The Bertz CT molecular complexity index is 1060. The van der Waals surface area contributed by atoms with Crippen LogP contribution in [0.15, 0.2) is 30.3 Å². The van der Waals surface area contributed by atoms with Crippen molar-refractivity contribution < 1.29 is 27.4 Å². The molecular weight excluding hydrogens is 447 g/mol. The van der Waals surface area contributed by atoms with Crippen LogP contribution in [0.25, 0.3) is 0 Å². The average Bonchev–Trinajstić information content (AvgIpc) is 3.22. The Morgan fingerprint density at radius 1 is 1.12 bits per heavy atom. The van der Waals surface area contributed by atoms with Crippen LogP contribution in [-0.4, -0.2) is 59.7 Å². The molecule has 2 aliphatic rings. The van der Waals surface area contributed by atoms with Crippen LogP contribution in [-0.2, 0) is 18.3 Å². The maximum Gasteiger partial charge on any atom is 0.431 e. The normalized spacial score (nSPS) is 20.5. The summed E-state index contributed by atoms with van der Waals surface area (Å²) in [5, 5.41) is 0. The third-order valence-corrected chi connectivity index (χ3v) is 7.18. The van der Waals surface area contributed by atoms with Crippen molar-refractivity contribution in [1.82, 2.24) is 14.4 Å². The van der Waals surface area contributed by atoms with Gasteiger partial charge >= 0.3 is 6.18 Å². The molecule has 1 spiro atoms. The number of halogens is 3. The zero-order valence-corrected chi connectivity index (χ0v) is 20.3. The number of methoxy groups -OCH3 is 1. The van der Waals surface area contributed by atoms with Gasteiger partial charge < -0.3 is 18.9 Å². The van der Waals surface area contributed by atoms with E-state index >= 15 is 0 Å². The number of amides is 1. The molecule has 1 fully saturated rings. The van der Waals surface area contributed by atoms with Gasteiger partial charge in [0.25, 0.3) is 5.91 Å². The molecule has 0 unspecified atom stereocenters. The summed E-state index contributed by atoms with van der Waals surface area (Å²) in [6, 6.07) is 7.89. The van der Waals surface area contributed by atoms with Crippen LogP contribution >= 0.6 is 0 Å². The number of piperidine rings is 1. The van der Waals surface area contributed by atoms with E-state index < -0.39 is 17.4 Å². The molecule has 2 aliphatic heterocycles. The van der Waals surface area contributed by atoms with Gasteiger partial charge in [0.05, 0.1) is 18.8 Å². The van der Waals surface area contributed by atoms with E-state index in [1.54, 1.807) is 29.2 Å². The second kappa shape index (κ2) is 8.83. The Labute approximate surface area is 198 Å². The second-order valence-electron chi connectivity index (χ2n) is 9.53. The van der Waals surface area contributed by atoms with Crippen molar-refractivity contribution in [2.45, 2.75) is 64.0 Å². The van der Waals surface area contributed by atoms with Gasteiger partial charge in [0, 0.05) is 36.9 Å². The number of likely N-dealkylation sites (tertiary alicyclic amines) is 1. The average molecular weight is 480 g/mol. The molecule has 1 aromatic carbocycles. The Morgan fingerprint density at radius 3 is 2.38 bits per heavy atom. The van der Waals surface area contributed by atoms with E-state index in [0.717, 1.165) is 0 Å². The maximum absolute atomic E-state index is 13.6. The fraction of sp³-hybridized carbons (Fsp3) is 0.560. The summed E-state index contributed by atoms with van der Waals surface area (Å²) in [5.74, 6) is 0.944. The molecular formula is C25H32F3N3O3. The molecule has 0 bridgehead atoms. The maximum atomic E-state index is 13.6. The van der Waals surface area contributed by atoms with Crippen LogP contribution in [0.5, 0.6) is 11.5 Å². The lowest BCUT2D eigenvalue weighted by Crippen LogP contribution is -2.59. The summed E-state index contributed by atoms with van der Waals surface area (Å²) in [6.07, 6.45) is -3.30. The van der Waals surface area contributed by atoms with Crippen LogP contribution in [0.4, 0.5) is 13.2 Å². The molecule has 4 rings (SSSR count). The molecule has 1 amide bonds. The Kier molecular flexibility index (Phi) is 6.35. The molecule has 34 heavy (non-hydrogen) atoms. The smallest absolute Gasteiger partial charge is 0.431 e. The molecule has 3 heterocycles. The fourth-order valence-corrected chi connectivity index (χ4v) is 5.33. The molecule has 186 valence electrons. The zero-order chi connectivity index (χ0) is 24.8. The van der Waals surface area contributed by atoms with E-state index in [-0.39, 0.29) is 18.1 Å². The van der Waals surface area contributed by atoms with Crippen LogP contribution in [0.1, 0.15) is 55.4 Å². The van der Waals surface area contributed by atoms with Gasteiger partial charge in [-0.05, 0) is 71.0 Å². The van der Waals surface area contributed by atoms with Gasteiger partial charge in [0.1, 0.15) is 5.69 Å². The minimum absolute atomic E-state index is 0.0274. The van der Waals surface area contributed by atoms with Crippen molar-refractivity contribution in [1.29, 1.82) is 0 Å². The number of carbonyl (C=O) groups is 1. The van der Waals surface area contributed by atoms with Crippen LogP contribution in [0.2, 0.25) is 0 Å². The summed E-state index contributed by atoms with van der Waals surface area (Å²) in [4.78, 5) is 17.2. The highest BCUT2D eigenvalue weighted by molar-refractivity contribution is 5.95. The van der Waals surface area contributed by atoms with E-state index in [0.29, 0.717) is 55.2 Å². The summed E-state index contributed by atoms with van der Waals surface area (Å²) in [6.45, 7) is 6.99. The lowest BCUT2D eigenvalue weighted by Gasteiger charge is -2.53. The number of likely N-dealkylation sites (N-methyl/N-ethyl adjacent to an activating group) is 1. The molecule has 6 nitrogen and oxygen atoms in total. The van der Waals surface area contributed by atoms with E-state index in [2.05, 4.69) is 4.90 Å². The number of rotatable bonds is 4. The molecule has 0 radical (unpaired) electrons. The standard InChI is InChI=1S/C25H32F3N3O3/c1-16(2)34-19-7-6-18(14-20(19)33-5)23(32)30-12-10-24(11-13-30)21-8-9-22(25(26,27)28)31(21)15-17(3)29(24)4/h6-9,14,16-17H,10-13,15H2,1-5H3/t17-/m1/s1. The van der Waals surface area contributed by atoms with Crippen LogP contribution in [0, 0.1) is 0 Å². The predicted molar refractivity (Wildman–Crippen MR) is 122 cm³/mol. The van der Waals surface area contributed by atoms with Crippen LogP contribution < -0.4 is 9.47 Å². The topological polar surface area (TPSA) is 46.9 Å². The Balaban J connectivity index is 1.56. The van der Waals surface area contributed by atoms with E-state index in [1.807, 2.05) is 27.8 Å². The molecule has 1 saturated heterocycles. The number of carbonyl (C=O) groups excluding carboxylic acids is 1. The first-order chi connectivity index (χ1) is 16.0. The molecule has 0 aliphatic carbocycles. The first-order valence-corrected chi connectivity index (χ1v) is 11.6. The van der Waals surface area contributed by atoms with Crippen LogP contribution in [0.3, 0.4) is 0 Å². The minimum Gasteiger partial charge on any atom is -0.493 e. The van der Waals surface area contributed by atoms with Crippen molar-refractivity contribution in [2.24, 2.45) is 0 Å². The number of hydrogen-bond acceptors (Lipinski definition) is 4. The van der Waals surface area contributed by atoms with Gasteiger partial charge in [0.15, 0.2) is 11.5 Å². The number of nitrogens with zero attached hydrogens (tertiary/aromatic N) is 3. The number of benzene rings is 1. The Hall–Kier alpha value is -2.68. The summed E-state index contributed by atoms with van der Waals surface area (Å²) < 4.78 is 53.4. The highest BCUT2D eigenvalue weighted by Crippen LogP contribution is 2.45. The number of ether oxygens (including phenoxy) is 2. The van der Waals surface area contributed by atoms with E-state index in [1.165, 1.54) is 17.7 Å². The van der Waals surface area contributed by atoms with Crippen molar-refractivity contribution in [3.8, 4) is 11.5 Å². The van der Waals surface area contributed by atoms with Crippen molar-refractivity contribution in [2.75, 3.05) is 27.2 Å². The fourth-order valence-electron chi connectivity index (χ4n) is 5.33. The third-order valence-electron chi connectivity index (χ3n) is 7.18. The number of aromatic nitrogens is 1. The molecule has 2 aromatic rings. The first-order valence-electron chi connectivity index (χ1n) is 11.6. The minimum atomic E-state index is -4.39. The van der Waals surface area contributed by atoms with Crippen molar-refractivity contribution in [3.05, 3.63) is 47.3 Å². The zero-order valence-electron chi connectivity index (χ0n) is 20.3. The molecule has 1 aromatic heterocycles. The van der Waals surface area contributed by atoms with E-state index in [4.69, 9.17) is 9.47 Å². The predicted octanol–water partition coefficient (Wildman–Crippen LogP) is 4.77. The lowest BCUT2D eigenvalue weighted by atomic mass is 9.80. The summed E-state index contributed by atoms with van der Waals surface area (Å²) in [7, 11) is 3.51. The lowest BCUT2D eigenvalue weighted by molar-refractivity contribution is -0.145. The largest absolute Gasteiger partial charge is 0.493 e. The SMILES string of the molecule is COc1cc(C(=O)N2CCC3(CC2)c2ccc(C(F)(F)F)n2C[C@@H](C)N3C)ccc1OC(C)C. The number of hydrogen-bond donors (Lipinski definition) is 0. The van der Waals surface area contributed by atoms with E-state index in [9.17, 15) is 18.0 Å². The molecule has 0 N–H and O–H groups in total.